The predicted molar refractivity (Wildman–Crippen MR) is 83.8 cm³/mol. The van der Waals surface area contributed by atoms with Crippen molar-refractivity contribution in [3.63, 3.8) is 0 Å². The molecule has 1 aliphatic rings. The summed E-state index contributed by atoms with van der Waals surface area (Å²) in [5, 5.41) is 14.2. The Morgan fingerprint density at radius 1 is 1.25 bits per heavy atom. The molecule has 3 aromatic rings. The highest BCUT2D eigenvalue weighted by molar-refractivity contribution is 6.00. The lowest BCUT2D eigenvalue weighted by Crippen LogP contribution is -2.31. The number of hydrogen-bond donors (Lipinski definition) is 1. The van der Waals surface area contributed by atoms with Crippen molar-refractivity contribution in [3.05, 3.63) is 66.0 Å². The lowest BCUT2D eigenvalue weighted by molar-refractivity contribution is 0.0717. The summed E-state index contributed by atoms with van der Waals surface area (Å²) in [6.45, 7) is 0.235. The van der Waals surface area contributed by atoms with Gasteiger partial charge in [-0.25, -0.2) is 8.91 Å². The van der Waals surface area contributed by atoms with Crippen LogP contribution >= 0.6 is 0 Å². The zero-order valence-corrected chi connectivity index (χ0v) is 12.7. The number of rotatable bonds is 2. The minimum absolute atomic E-state index is 0.219. The van der Waals surface area contributed by atoms with E-state index in [1.54, 1.807) is 40.1 Å². The third kappa shape index (κ3) is 2.43. The first kappa shape index (κ1) is 14.8. The third-order valence-corrected chi connectivity index (χ3v) is 4.35. The van der Waals surface area contributed by atoms with Crippen LogP contribution in [0.5, 0.6) is 0 Å². The molecule has 122 valence electrons. The standard InChI is InChI=1S/C17H15FN4O2/c18-12-3-1-11(2-4-12)15-7-13(23)10-21(15)17(24)14-8-20-22-6-5-19-9-16(14)22/h1-6,8-9,13,15,23H,7,10H2/t13-,15+/m1/s1. The fraction of sp³-hybridized carbons (Fsp3) is 0.235. The molecule has 0 radical (unpaired) electrons. The summed E-state index contributed by atoms with van der Waals surface area (Å²) in [6.07, 6.45) is 6.17. The van der Waals surface area contributed by atoms with E-state index < -0.39 is 6.10 Å². The van der Waals surface area contributed by atoms with Crippen LogP contribution in [0.25, 0.3) is 5.52 Å². The second-order valence-corrected chi connectivity index (χ2v) is 5.88. The number of likely N-dealkylation sites (tertiary alicyclic amines) is 1. The van der Waals surface area contributed by atoms with E-state index in [2.05, 4.69) is 10.1 Å². The van der Waals surface area contributed by atoms with Crippen molar-refractivity contribution in [1.82, 2.24) is 19.5 Å². The molecule has 3 heterocycles. The van der Waals surface area contributed by atoms with E-state index in [4.69, 9.17) is 0 Å². The SMILES string of the molecule is O=C(c1cnn2ccncc12)N1C[C@H](O)C[C@H]1c1ccc(F)cc1. The molecule has 1 aromatic carbocycles. The quantitative estimate of drug-likeness (QED) is 0.780. The fourth-order valence-electron chi connectivity index (χ4n) is 3.19. The number of nitrogens with zero attached hydrogens (tertiary/aromatic N) is 4. The number of halogens is 1. The van der Waals surface area contributed by atoms with Crippen LogP contribution in [0.4, 0.5) is 4.39 Å². The molecule has 1 aliphatic heterocycles. The number of carbonyl (C=O) groups excluding carboxylic acids is 1. The fourth-order valence-corrected chi connectivity index (χ4v) is 3.19. The molecule has 0 unspecified atom stereocenters. The molecule has 2 aromatic heterocycles. The molecule has 6 nitrogen and oxygen atoms in total. The van der Waals surface area contributed by atoms with Crippen LogP contribution in [-0.2, 0) is 0 Å². The second-order valence-electron chi connectivity index (χ2n) is 5.88. The van der Waals surface area contributed by atoms with Gasteiger partial charge in [-0.1, -0.05) is 12.1 Å². The van der Waals surface area contributed by atoms with Gasteiger partial charge in [-0.15, -0.1) is 0 Å². The molecule has 7 heteroatoms. The second kappa shape index (κ2) is 5.68. The Bertz CT molecular complexity index is 893. The van der Waals surface area contributed by atoms with E-state index in [0.717, 1.165) is 5.56 Å². The van der Waals surface area contributed by atoms with Crippen LogP contribution in [0.1, 0.15) is 28.4 Å². The van der Waals surface area contributed by atoms with Gasteiger partial charge in [0.25, 0.3) is 5.91 Å². The van der Waals surface area contributed by atoms with Crippen LogP contribution in [0.15, 0.2) is 49.1 Å². The maximum atomic E-state index is 13.2. The molecule has 0 bridgehead atoms. The zero-order chi connectivity index (χ0) is 16.7. The van der Waals surface area contributed by atoms with Gasteiger partial charge in [0.05, 0.1) is 35.6 Å². The largest absolute Gasteiger partial charge is 0.391 e. The summed E-state index contributed by atoms with van der Waals surface area (Å²) in [7, 11) is 0. The lowest BCUT2D eigenvalue weighted by atomic mass is 10.0. The van der Waals surface area contributed by atoms with Crippen LogP contribution < -0.4 is 0 Å². The van der Waals surface area contributed by atoms with Crippen molar-refractivity contribution in [2.45, 2.75) is 18.6 Å². The van der Waals surface area contributed by atoms with Crippen LogP contribution in [0.2, 0.25) is 0 Å². The van der Waals surface area contributed by atoms with Gasteiger partial charge in [-0.05, 0) is 24.1 Å². The first-order chi connectivity index (χ1) is 11.6. The number of benzene rings is 1. The van der Waals surface area contributed by atoms with Crippen LogP contribution in [-0.4, -0.2) is 43.2 Å². The van der Waals surface area contributed by atoms with Crippen molar-refractivity contribution in [1.29, 1.82) is 0 Å². The summed E-state index contributed by atoms with van der Waals surface area (Å²) in [4.78, 5) is 18.6. The Hall–Kier alpha value is -2.80. The highest BCUT2D eigenvalue weighted by Crippen LogP contribution is 2.34. The number of hydrogen-bond acceptors (Lipinski definition) is 4. The van der Waals surface area contributed by atoms with Crippen molar-refractivity contribution in [2.75, 3.05) is 6.54 Å². The van der Waals surface area contributed by atoms with E-state index in [9.17, 15) is 14.3 Å². The number of aliphatic hydroxyl groups is 1. The molecule has 0 saturated carbocycles. The molecule has 1 fully saturated rings. The first-order valence-electron chi connectivity index (χ1n) is 7.65. The van der Waals surface area contributed by atoms with Crippen molar-refractivity contribution < 1.29 is 14.3 Å². The lowest BCUT2D eigenvalue weighted by Gasteiger charge is -2.24. The van der Waals surface area contributed by atoms with Gasteiger partial charge < -0.3 is 10.0 Å². The van der Waals surface area contributed by atoms with Gasteiger partial charge >= 0.3 is 0 Å². The number of amides is 1. The van der Waals surface area contributed by atoms with E-state index in [-0.39, 0.29) is 24.3 Å². The van der Waals surface area contributed by atoms with Crippen molar-refractivity contribution >= 4 is 11.4 Å². The Labute approximate surface area is 137 Å². The molecule has 24 heavy (non-hydrogen) atoms. The molecule has 1 N–H and O–H groups in total. The normalized spacial score (nSPS) is 20.7. The van der Waals surface area contributed by atoms with E-state index in [0.29, 0.717) is 17.5 Å². The first-order valence-corrected chi connectivity index (χ1v) is 7.65. The molecule has 1 amide bonds. The average molecular weight is 326 g/mol. The minimum atomic E-state index is -0.607. The monoisotopic (exact) mass is 326 g/mol. The van der Waals surface area contributed by atoms with Gasteiger partial charge in [-0.3, -0.25) is 9.78 Å². The van der Waals surface area contributed by atoms with Crippen LogP contribution in [0.3, 0.4) is 0 Å². The number of β-amino-alcohol motifs (C(OH)–C–C–N with tert-alkyl or cyclic N) is 1. The van der Waals surface area contributed by atoms with Gasteiger partial charge in [-0.2, -0.15) is 5.10 Å². The summed E-state index contributed by atoms with van der Waals surface area (Å²) in [5.74, 6) is -0.548. The topological polar surface area (TPSA) is 70.7 Å². The Balaban J connectivity index is 1.70. The summed E-state index contributed by atoms with van der Waals surface area (Å²) in [5.41, 5.74) is 1.85. The number of carbonyl (C=O) groups is 1. The Kier molecular flexibility index (Phi) is 3.50. The van der Waals surface area contributed by atoms with Crippen molar-refractivity contribution in [2.24, 2.45) is 0 Å². The third-order valence-electron chi connectivity index (χ3n) is 4.35. The van der Waals surface area contributed by atoms with Gasteiger partial charge in [0.1, 0.15) is 5.82 Å². The zero-order valence-electron chi connectivity index (χ0n) is 12.7. The number of aliphatic hydroxyl groups excluding tert-OH is 1. The van der Waals surface area contributed by atoms with E-state index in [1.807, 2.05) is 0 Å². The molecule has 1 saturated heterocycles. The smallest absolute Gasteiger partial charge is 0.258 e. The van der Waals surface area contributed by atoms with Gasteiger partial charge in [0, 0.05) is 18.9 Å². The Morgan fingerprint density at radius 3 is 2.83 bits per heavy atom. The van der Waals surface area contributed by atoms with E-state index in [1.165, 1.54) is 18.3 Å². The number of fused-ring (bicyclic) bond motifs is 1. The molecule has 2 atom stereocenters. The molecular formula is C17H15FN4O2. The molecule has 0 aliphatic carbocycles. The molecule has 0 spiro atoms. The highest BCUT2D eigenvalue weighted by atomic mass is 19.1. The van der Waals surface area contributed by atoms with E-state index >= 15 is 0 Å². The minimum Gasteiger partial charge on any atom is -0.391 e. The average Bonchev–Trinajstić information content (AvgIpc) is 3.19. The maximum absolute atomic E-state index is 13.2. The summed E-state index contributed by atoms with van der Waals surface area (Å²) < 4.78 is 14.7. The van der Waals surface area contributed by atoms with Crippen molar-refractivity contribution in [3.8, 4) is 0 Å². The predicted octanol–water partition coefficient (Wildman–Crippen LogP) is 1.82. The van der Waals surface area contributed by atoms with Gasteiger partial charge in [0.2, 0.25) is 0 Å². The number of aromatic nitrogens is 3. The van der Waals surface area contributed by atoms with Crippen LogP contribution in [0, 0.1) is 5.82 Å². The molecule has 4 rings (SSSR count). The maximum Gasteiger partial charge on any atom is 0.258 e. The Morgan fingerprint density at radius 2 is 2.04 bits per heavy atom. The van der Waals surface area contributed by atoms with Gasteiger partial charge in [0.15, 0.2) is 0 Å². The highest BCUT2D eigenvalue weighted by Gasteiger charge is 2.36. The summed E-state index contributed by atoms with van der Waals surface area (Å²) in [6, 6.07) is 5.73. The summed E-state index contributed by atoms with van der Waals surface area (Å²) >= 11 is 0. The molecular weight excluding hydrogens is 311 g/mol.